The molecule has 0 spiro atoms. The third kappa shape index (κ3) is 6.86. The zero-order valence-electron chi connectivity index (χ0n) is 40.1. The number of hydrogen-bond acceptors (Lipinski definition) is 7. The Balaban J connectivity index is 0.962. The number of aromatic nitrogens is 8. The lowest BCUT2D eigenvalue weighted by Gasteiger charge is -2.12. The van der Waals surface area contributed by atoms with Gasteiger partial charge in [0, 0.05) is 54.6 Å². The molecule has 15 rings (SSSR count). The van der Waals surface area contributed by atoms with E-state index in [0.717, 1.165) is 110 Å². The molecule has 0 atom stereocenters. The number of rotatable bonds is 8. The molecule has 9 heteroatoms. The molecule has 0 radical (unpaired) electrons. The zero-order chi connectivity index (χ0) is 49.4. The Morgan fingerprint density at radius 2 is 0.533 bits per heavy atom. The van der Waals surface area contributed by atoms with Crippen molar-refractivity contribution < 1.29 is 4.42 Å². The van der Waals surface area contributed by atoms with Gasteiger partial charge in [0.15, 0.2) is 23.3 Å². The van der Waals surface area contributed by atoms with E-state index < -0.39 is 0 Å². The minimum absolute atomic E-state index is 0.539. The summed E-state index contributed by atoms with van der Waals surface area (Å²) in [6.07, 6.45) is 0. The van der Waals surface area contributed by atoms with E-state index in [9.17, 15) is 0 Å². The first-order chi connectivity index (χ1) is 37.2. The quantitative estimate of drug-likeness (QED) is 0.149. The minimum atomic E-state index is 0.539. The lowest BCUT2D eigenvalue weighted by atomic mass is 9.91. The number of nitrogens with zero attached hydrogens (tertiary/aromatic N) is 8. The van der Waals surface area contributed by atoms with Crippen LogP contribution in [-0.2, 0) is 0 Å². The van der Waals surface area contributed by atoms with Crippen LogP contribution in [0.2, 0.25) is 0 Å². The van der Waals surface area contributed by atoms with Gasteiger partial charge in [-0.1, -0.05) is 206 Å². The van der Waals surface area contributed by atoms with E-state index in [-0.39, 0.29) is 0 Å². The van der Waals surface area contributed by atoms with Crippen LogP contribution < -0.4 is 0 Å². The summed E-state index contributed by atoms with van der Waals surface area (Å²) in [7, 11) is 0. The molecule has 0 unspecified atom stereocenters. The van der Waals surface area contributed by atoms with E-state index in [4.69, 9.17) is 34.3 Å². The molecule has 5 heterocycles. The monoisotopic (exact) mass is 960 g/mol. The molecule has 9 nitrogen and oxygen atoms in total. The van der Waals surface area contributed by atoms with Gasteiger partial charge in [-0.25, -0.2) is 9.97 Å². The second-order valence-corrected chi connectivity index (χ2v) is 18.6. The smallest absolute Gasteiger partial charge is 0.238 e. The molecule has 5 aromatic heterocycles. The van der Waals surface area contributed by atoms with Crippen LogP contribution in [0, 0.1) is 0 Å². The normalized spacial score (nSPS) is 11.7. The van der Waals surface area contributed by atoms with Crippen LogP contribution >= 0.6 is 0 Å². The maximum Gasteiger partial charge on any atom is 0.238 e. The van der Waals surface area contributed by atoms with Crippen LogP contribution in [0.5, 0.6) is 0 Å². The lowest BCUT2D eigenvalue weighted by Crippen LogP contribution is -2.06. The average Bonchev–Trinajstić information content (AvgIpc) is 4.25. The standard InChI is InChI=1S/C66H40N8O/c1-5-21-41(22-6-1)61-67-62(42-23-7-2-8-24-42)70-65(69-61)73-51-35-15-13-29-49(51)57-45(31-17-37-53(57)73)47-33-19-39-55-59(47)60-48(34-20-40-56(60)75-55)46-32-18-38-54-58(46)50-30-14-16-36-52(50)74(54)66-71-63(43-25-9-3-10-26-43)68-64(72-66)44-27-11-4-12-28-44/h1-40H. The number of fused-ring (bicyclic) bond motifs is 9. The molecule has 75 heavy (non-hydrogen) atoms. The predicted octanol–water partition coefficient (Wildman–Crippen LogP) is 16.2. The Morgan fingerprint density at radius 3 is 0.893 bits per heavy atom. The summed E-state index contributed by atoms with van der Waals surface area (Å²) in [4.78, 5) is 30.9. The molecular weight excluding hydrogens is 921 g/mol. The number of benzene rings is 10. The third-order valence-corrected chi connectivity index (χ3v) is 14.3. The van der Waals surface area contributed by atoms with E-state index >= 15 is 0 Å². The van der Waals surface area contributed by atoms with Crippen molar-refractivity contribution in [3.63, 3.8) is 0 Å². The number of furan rings is 1. The average molecular weight is 961 g/mol. The van der Waals surface area contributed by atoms with Crippen molar-refractivity contribution in [2.45, 2.75) is 0 Å². The van der Waals surface area contributed by atoms with Crippen LogP contribution in [0.1, 0.15) is 0 Å². The Labute approximate surface area is 429 Å². The van der Waals surface area contributed by atoms with Crippen molar-refractivity contribution in [1.29, 1.82) is 0 Å². The third-order valence-electron chi connectivity index (χ3n) is 14.3. The summed E-state index contributed by atoms with van der Waals surface area (Å²) in [5.41, 5.74) is 13.4. The topological polar surface area (TPSA) is 100 Å². The van der Waals surface area contributed by atoms with Gasteiger partial charge in [0.05, 0.1) is 22.1 Å². The lowest BCUT2D eigenvalue weighted by molar-refractivity contribution is 0.669. The second kappa shape index (κ2) is 17.1. The van der Waals surface area contributed by atoms with Crippen molar-refractivity contribution in [3.8, 4) is 79.7 Å². The highest BCUT2D eigenvalue weighted by Crippen LogP contribution is 2.47. The summed E-state index contributed by atoms with van der Waals surface area (Å²) in [6, 6.07) is 83.4. The highest BCUT2D eigenvalue weighted by molar-refractivity contribution is 6.25. The summed E-state index contributed by atoms with van der Waals surface area (Å²) in [6.45, 7) is 0. The van der Waals surface area contributed by atoms with Crippen LogP contribution in [0.3, 0.4) is 0 Å². The predicted molar refractivity (Wildman–Crippen MR) is 302 cm³/mol. The summed E-state index contributed by atoms with van der Waals surface area (Å²) < 4.78 is 11.2. The molecule has 15 aromatic rings. The van der Waals surface area contributed by atoms with Gasteiger partial charge in [0.25, 0.3) is 0 Å². The van der Waals surface area contributed by atoms with Crippen LogP contribution in [0.4, 0.5) is 0 Å². The van der Waals surface area contributed by atoms with E-state index in [1.165, 1.54) is 0 Å². The molecule has 0 fully saturated rings. The fourth-order valence-electron chi connectivity index (χ4n) is 11.0. The maximum absolute atomic E-state index is 6.88. The molecular formula is C66H40N8O. The van der Waals surface area contributed by atoms with Gasteiger partial charge in [0.2, 0.25) is 11.9 Å². The van der Waals surface area contributed by atoms with Crippen molar-refractivity contribution in [1.82, 2.24) is 39.0 Å². The Morgan fingerprint density at radius 1 is 0.240 bits per heavy atom. The van der Waals surface area contributed by atoms with E-state index in [1.54, 1.807) is 0 Å². The Bertz CT molecular complexity index is 4290. The molecule has 0 aliphatic rings. The van der Waals surface area contributed by atoms with Crippen molar-refractivity contribution in [2.24, 2.45) is 0 Å². The first-order valence-electron chi connectivity index (χ1n) is 25.0. The van der Waals surface area contributed by atoms with Gasteiger partial charge in [-0.2, -0.15) is 19.9 Å². The molecule has 0 bridgehead atoms. The molecule has 0 aliphatic heterocycles. The van der Waals surface area contributed by atoms with Crippen molar-refractivity contribution >= 4 is 65.6 Å². The molecule has 0 saturated heterocycles. The van der Waals surface area contributed by atoms with Gasteiger partial charge in [-0.15, -0.1) is 0 Å². The molecule has 0 aliphatic carbocycles. The van der Waals surface area contributed by atoms with Crippen molar-refractivity contribution in [3.05, 3.63) is 243 Å². The fourth-order valence-corrected chi connectivity index (χ4v) is 11.0. The molecule has 0 N–H and O–H groups in total. The molecule has 0 saturated carbocycles. The van der Waals surface area contributed by atoms with Gasteiger partial charge in [0.1, 0.15) is 11.2 Å². The van der Waals surface area contributed by atoms with Crippen molar-refractivity contribution in [2.75, 3.05) is 0 Å². The van der Waals surface area contributed by atoms with Gasteiger partial charge >= 0.3 is 0 Å². The van der Waals surface area contributed by atoms with Crippen LogP contribution in [-0.4, -0.2) is 39.0 Å². The Kier molecular flexibility index (Phi) is 9.67. The number of para-hydroxylation sites is 2. The summed E-state index contributed by atoms with van der Waals surface area (Å²) in [5, 5.41) is 6.40. The first-order valence-corrected chi connectivity index (χ1v) is 25.0. The SMILES string of the molecule is c1ccc(-c2nc(-c3ccccc3)nc(-n3c4ccccc4c4c(-c5cccc6oc7cccc(-c8cccc9c8c8ccccc8n9-c8nc(-c9ccccc9)nc(-c9ccccc9)n8)c7c56)cccc43)n2)cc1. The van der Waals surface area contributed by atoms with Crippen LogP contribution in [0.25, 0.3) is 145 Å². The molecule has 350 valence electrons. The molecule has 0 amide bonds. The zero-order valence-corrected chi connectivity index (χ0v) is 40.1. The van der Waals surface area contributed by atoms with Gasteiger partial charge in [-0.05, 0) is 58.7 Å². The van der Waals surface area contributed by atoms with E-state index in [2.05, 4.69) is 130 Å². The Hall–Kier alpha value is -10.4. The second-order valence-electron chi connectivity index (χ2n) is 18.6. The fraction of sp³-hybridized carbons (Fsp3) is 0. The highest BCUT2D eigenvalue weighted by Gasteiger charge is 2.25. The van der Waals surface area contributed by atoms with Gasteiger partial charge in [-0.3, -0.25) is 9.13 Å². The molecule has 10 aromatic carbocycles. The maximum atomic E-state index is 6.88. The highest BCUT2D eigenvalue weighted by atomic mass is 16.3. The van der Waals surface area contributed by atoms with Crippen LogP contribution in [0.15, 0.2) is 247 Å². The number of hydrogen-bond donors (Lipinski definition) is 0. The van der Waals surface area contributed by atoms with E-state index in [0.29, 0.717) is 35.2 Å². The largest absolute Gasteiger partial charge is 0.456 e. The minimum Gasteiger partial charge on any atom is -0.456 e. The first kappa shape index (κ1) is 42.3. The van der Waals surface area contributed by atoms with Gasteiger partial charge < -0.3 is 4.42 Å². The summed E-state index contributed by atoms with van der Waals surface area (Å²) in [5.74, 6) is 3.48. The summed E-state index contributed by atoms with van der Waals surface area (Å²) >= 11 is 0. The van der Waals surface area contributed by atoms with E-state index in [1.807, 2.05) is 121 Å².